The van der Waals surface area contributed by atoms with Crippen LogP contribution in [0.25, 0.3) is 0 Å². The van der Waals surface area contributed by atoms with Gasteiger partial charge < -0.3 is 14.8 Å². The number of hydrogen-bond acceptors (Lipinski definition) is 7. The van der Waals surface area contributed by atoms with E-state index in [1.54, 1.807) is 0 Å². The van der Waals surface area contributed by atoms with Crippen LogP contribution in [0.1, 0.15) is 0 Å². The Kier molecular flexibility index (Phi) is 2.31. The number of aromatic amines is 1. The van der Waals surface area contributed by atoms with E-state index in [2.05, 4.69) is 30.0 Å². The van der Waals surface area contributed by atoms with Gasteiger partial charge in [0, 0.05) is 6.20 Å². The number of nitrogens with one attached hydrogen (secondary N) is 2. The highest BCUT2D eigenvalue weighted by Gasteiger charge is 2.25. The number of nitrogens with zero attached hydrogens (tertiary/aromatic N) is 2. The monoisotopic (exact) mass is 210 g/mol. The first-order chi connectivity index (χ1) is 7.25. The van der Waals surface area contributed by atoms with Crippen LogP contribution in [0.3, 0.4) is 0 Å². The number of aromatic nitrogens is 3. The van der Waals surface area contributed by atoms with Gasteiger partial charge >= 0.3 is 11.9 Å². The van der Waals surface area contributed by atoms with Crippen molar-refractivity contribution in [3.05, 3.63) is 18.3 Å². The predicted octanol–water partition coefficient (Wildman–Crippen LogP) is -0.842. The molecule has 2 heterocycles. The first kappa shape index (κ1) is 9.19. The first-order valence-corrected chi connectivity index (χ1v) is 3.95. The number of anilines is 1. The van der Waals surface area contributed by atoms with Crippen molar-refractivity contribution in [2.75, 3.05) is 11.9 Å². The third-order valence-corrected chi connectivity index (χ3v) is 1.52. The fourth-order valence-electron chi connectivity index (χ4n) is 0.881. The van der Waals surface area contributed by atoms with Crippen molar-refractivity contribution in [3.63, 3.8) is 0 Å². The summed E-state index contributed by atoms with van der Waals surface area (Å²) in [5.74, 6) is -1.45. The summed E-state index contributed by atoms with van der Waals surface area (Å²) < 4.78 is 9.12. The van der Waals surface area contributed by atoms with E-state index in [1.165, 1.54) is 12.5 Å². The Morgan fingerprint density at radius 2 is 2.33 bits per heavy atom. The van der Waals surface area contributed by atoms with Crippen molar-refractivity contribution in [1.29, 1.82) is 0 Å². The Bertz CT molecular complexity index is 411. The Balaban J connectivity index is 1.97. The maximum absolute atomic E-state index is 10.8. The van der Waals surface area contributed by atoms with E-state index in [9.17, 15) is 9.59 Å². The number of rotatable bonds is 2. The molecule has 2 N–H and O–H groups in total. The fraction of sp³-hybridized carbons (Fsp3) is 0.143. The van der Waals surface area contributed by atoms with Gasteiger partial charge in [-0.15, -0.1) is 0 Å². The molecule has 0 atom stereocenters. The number of H-pyrrole nitrogens is 1. The molecule has 0 bridgehead atoms. The van der Waals surface area contributed by atoms with Crippen molar-refractivity contribution in [2.45, 2.75) is 0 Å². The average molecular weight is 210 g/mol. The molecule has 0 amide bonds. The van der Waals surface area contributed by atoms with E-state index >= 15 is 0 Å². The lowest BCUT2D eigenvalue weighted by Gasteiger charge is -2.13. The van der Waals surface area contributed by atoms with Crippen LogP contribution in [-0.2, 0) is 19.1 Å². The van der Waals surface area contributed by atoms with Gasteiger partial charge in [-0.2, -0.15) is 10.1 Å². The fourth-order valence-corrected chi connectivity index (χ4v) is 0.881. The van der Waals surface area contributed by atoms with Crippen LogP contribution in [-0.4, -0.2) is 33.7 Å². The second-order valence-corrected chi connectivity index (χ2v) is 2.55. The normalized spacial score (nSPS) is 18.5. The van der Waals surface area contributed by atoms with Crippen molar-refractivity contribution < 1.29 is 19.1 Å². The summed E-state index contributed by atoms with van der Waals surface area (Å²) in [6.07, 6.45) is 2.67. The molecule has 0 saturated carbocycles. The molecule has 78 valence electrons. The molecular formula is C7H6N4O4. The summed E-state index contributed by atoms with van der Waals surface area (Å²) in [4.78, 5) is 25.1. The van der Waals surface area contributed by atoms with E-state index in [1.807, 2.05) is 0 Å². The molecule has 1 saturated heterocycles. The summed E-state index contributed by atoms with van der Waals surface area (Å²) >= 11 is 0. The summed E-state index contributed by atoms with van der Waals surface area (Å²) in [6.45, 7) is -0.0916. The number of carbonyl (C=O) groups is 2. The SMILES string of the molecule is O=C1OCC(=CNc2ncn[nH]2)OC1=O. The van der Waals surface area contributed by atoms with Gasteiger partial charge in [-0.25, -0.2) is 14.7 Å². The Morgan fingerprint density at radius 3 is 3.00 bits per heavy atom. The molecule has 1 fully saturated rings. The number of ether oxygens (including phenoxy) is 2. The molecular weight excluding hydrogens is 204 g/mol. The first-order valence-electron chi connectivity index (χ1n) is 3.95. The highest BCUT2D eigenvalue weighted by atomic mass is 16.6. The van der Waals surface area contributed by atoms with Crippen molar-refractivity contribution in [3.8, 4) is 0 Å². The van der Waals surface area contributed by atoms with Gasteiger partial charge in [0.15, 0.2) is 12.4 Å². The van der Waals surface area contributed by atoms with Crippen molar-refractivity contribution >= 4 is 17.9 Å². The number of carbonyl (C=O) groups excluding carboxylic acids is 2. The molecule has 8 heteroatoms. The Labute approximate surface area is 83.3 Å². The van der Waals surface area contributed by atoms with Crippen LogP contribution in [0.15, 0.2) is 18.3 Å². The maximum Gasteiger partial charge on any atom is 0.422 e. The van der Waals surface area contributed by atoms with Gasteiger partial charge in [-0.05, 0) is 0 Å². The zero-order valence-electron chi connectivity index (χ0n) is 7.39. The lowest BCUT2D eigenvalue weighted by atomic mass is 10.5. The van der Waals surface area contributed by atoms with E-state index in [0.717, 1.165) is 0 Å². The molecule has 1 aromatic heterocycles. The van der Waals surface area contributed by atoms with Gasteiger partial charge in [0.2, 0.25) is 5.95 Å². The topological polar surface area (TPSA) is 106 Å². The second-order valence-electron chi connectivity index (χ2n) is 2.55. The molecule has 1 aliphatic rings. The van der Waals surface area contributed by atoms with Crippen LogP contribution in [0.5, 0.6) is 0 Å². The maximum atomic E-state index is 10.8. The predicted molar refractivity (Wildman–Crippen MR) is 45.1 cm³/mol. The van der Waals surface area contributed by atoms with Gasteiger partial charge in [0.25, 0.3) is 0 Å². The lowest BCUT2D eigenvalue weighted by Crippen LogP contribution is -2.28. The second kappa shape index (κ2) is 3.78. The number of hydrogen-bond donors (Lipinski definition) is 2. The van der Waals surface area contributed by atoms with Gasteiger partial charge in [-0.3, -0.25) is 0 Å². The van der Waals surface area contributed by atoms with E-state index in [-0.39, 0.29) is 12.4 Å². The highest BCUT2D eigenvalue weighted by Crippen LogP contribution is 2.07. The molecule has 0 radical (unpaired) electrons. The molecule has 8 nitrogen and oxygen atoms in total. The van der Waals surface area contributed by atoms with Crippen molar-refractivity contribution in [2.24, 2.45) is 0 Å². The zero-order chi connectivity index (χ0) is 10.7. The van der Waals surface area contributed by atoms with Crippen LogP contribution in [0, 0.1) is 0 Å². The average Bonchev–Trinajstić information content (AvgIpc) is 2.73. The standard InChI is InChI=1S/C7H6N4O4/c12-5-6(13)15-4(2-14-5)1-8-7-9-3-10-11-7/h1,3H,2H2,(H2,8,9,10,11). The zero-order valence-corrected chi connectivity index (χ0v) is 7.39. The Morgan fingerprint density at radius 1 is 1.47 bits per heavy atom. The largest absolute Gasteiger partial charge is 0.449 e. The van der Waals surface area contributed by atoms with Crippen LogP contribution < -0.4 is 5.32 Å². The van der Waals surface area contributed by atoms with Crippen LogP contribution in [0.4, 0.5) is 5.95 Å². The minimum Gasteiger partial charge on any atom is -0.449 e. The number of cyclic esters (lactones) is 2. The molecule has 0 spiro atoms. The van der Waals surface area contributed by atoms with Gasteiger partial charge in [0.05, 0.1) is 0 Å². The molecule has 0 aromatic carbocycles. The Hall–Kier alpha value is -2.38. The minimum absolute atomic E-state index is 0.0916. The van der Waals surface area contributed by atoms with E-state index in [4.69, 9.17) is 0 Å². The van der Waals surface area contributed by atoms with E-state index in [0.29, 0.717) is 5.95 Å². The summed E-state index contributed by atoms with van der Waals surface area (Å²) in [6, 6.07) is 0. The summed E-state index contributed by atoms with van der Waals surface area (Å²) in [7, 11) is 0. The molecule has 0 unspecified atom stereocenters. The molecule has 1 aromatic rings. The summed E-state index contributed by atoms with van der Waals surface area (Å²) in [5.41, 5.74) is 0. The van der Waals surface area contributed by atoms with Gasteiger partial charge in [0.1, 0.15) is 6.33 Å². The smallest absolute Gasteiger partial charge is 0.422 e. The lowest BCUT2D eigenvalue weighted by molar-refractivity contribution is -0.171. The van der Waals surface area contributed by atoms with Crippen molar-refractivity contribution in [1.82, 2.24) is 15.2 Å². The molecule has 15 heavy (non-hydrogen) atoms. The number of esters is 2. The minimum atomic E-state index is -1.04. The summed E-state index contributed by atoms with van der Waals surface area (Å²) in [5, 5.41) is 8.79. The molecule has 1 aliphatic heterocycles. The molecule has 0 aliphatic carbocycles. The van der Waals surface area contributed by atoms with Gasteiger partial charge in [-0.1, -0.05) is 0 Å². The van der Waals surface area contributed by atoms with Crippen LogP contribution >= 0.6 is 0 Å². The quantitative estimate of drug-likeness (QED) is 0.484. The highest BCUT2D eigenvalue weighted by molar-refractivity contribution is 6.30. The van der Waals surface area contributed by atoms with Crippen LogP contribution in [0.2, 0.25) is 0 Å². The molecule has 2 rings (SSSR count). The van der Waals surface area contributed by atoms with E-state index < -0.39 is 11.9 Å². The third kappa shape index (κ3) is 2.10. The third-order valence-electron chi connectivity index (χ3n) is 1.52.